The highest BCUT2D eigenvalue weighted by Crippen LogP contribution is 2.26. The van der Waals surface area contributed by atoms with Crippen molar-refractivity contribution < 1.29 is 27.7 Å². The molecule has 32 heavy (non-hydrogen) atoms. The van der Waals surface area contributed by atoms with Crippen molar-refractivity contribution in [3.63, 3.8) is 0 Å². The molecule has 0 atom stereocenters. The summed E-state index contributed by atoms with van der Waals surface area (Å²) in [5.74, 6) is 1.58. The van der Waals surface area contributed by atoms with Crippen LogP contribution in [0.5, 0.6) is 17.4 Å². The Morgan fingerprint density at radius 3 is 2.62 bits per heavy atom. The third-order valence-electron chi connectivity index (χ3n) is 4.06. The van der Waals surface area contributed by atoms with E-state index in [0.717, 1.165) is 5.56 Å². The molecule has 2 rings (SSSR count). The molecule has 0 aliphatic carbocycles. The van der Waals surface area contributed by atoms with Crippen LogP contribution in [0.3, 0.4) is 0 Å². The van der Waals surface area contributed by atoms with Gasteiger partial charge >= 0.3 is 6.61 Å². The van der Waals surface area contributed by atoms with Crippen LogP contribution in [0.2, 0.25) is 0 Å². The van der Waals surface area contributed by atoms with E-state index in [1.807, 2.05) is 19.1 Å². The number of hydrogen-bond donors (Lipinski definition) is 2. The molecule has 1 aromatic heterocycles. The number of halogens is 3. The topological polar surface area (TPSA) is 86.2 Å². The molecular formula is C21H29F2IN4O4. The van der Waals surface area contributed by atoms with Crippen molar-refractivity contribution in [3.05, 3.63) is 47.7 Å². The lowest BCUT2D eigenvalue weighted by Crippen LogP contribution is -2.37. The van der Waals surface area contributed by atoms with Gasteiger partial charge in [0.15, 0.2) is 5.96 Å². The predicted molar refractivity (Wildman–Crippen MR) is 128 cm³/mol. The van der Waals surface area contributed by atoms with E-state index >= 15 is 0 Å². The number of benzene rings is 1. The van der Waals surface area contributed by atoms with E-state index in [-0.39, 0.29) is 36.3 Å². The Labute approximate surface area is 203 Å². The van der Waals surface area contributed by atoms with Gasteiger partial charge in [-0.3, -0.25) is 0 Å². The number of nitrogens with one attached hydrogen (secondary N) is 2. The Morgan fingerprint density at radius 2 is 1.94 bits per heavy atom. The van der Waals surface area contributed by atoms with Gasteiger partial charge in [0, 0.05) is 37.5 Å². The van der Waals surface area contributed by atoms with Gasteiger partial charge in [-0.2, -0.15) is 8.78 Å². The minimum atomic E-state index is -2.93. The first kappa shape index (κ1) is 27.6. The van der Waals surface area contributed by atoms with Crippen molar-refractivity contribution >= 4 is 29.9 Å². The molecule has 0 aliphatic rings. The Morgan fingerprint density at radius 1 is 1.12 bits per heavy atom. The molecule has 2 aromatic rings. The van der Waals surface area contributed by atoms with Crippen LogP contribution in [0.4, 0.5) is 8.78 Å². The Bertz CT molecular complexity index is 843. The zero-order valence-electron chi connectivity index (χ0n) is 18.3. The van der Waals surface area contributed by atoms with E-state index in [1.54, 1.807) is 25.4 Å². The first-order valence-corrected chi connectivity index (χ1v) is 9.76. The maximum atomic E-state index is 12.7. The van der Waals surface area contributed by atoms with Gasteiger partial charge in [0.25, 0.3) is 0 Å². The second-order valence-electron chi connectivity index (χ2n) is 6.21. The fourth-order valence-electron chi connectivity index (χ4n) is 2.61. The van der Waals surface area contributed by atoms with Gasteiger partial charge in [-0.05, 0) is 31.2 Å². The Hall–Kier alpha value is -2.41. The molecule has 0 spiro atoms. The van der Waals surface area contributed by atoms with E-state index in [1.165, 1.54) is 13.2 Å². The number of methoxy groups -OCH3 is 2. The third-order valence-corrected chi connectivity index (χ3v) is 4.06. The van der Waals surface area contributed by atoms with Gasteiger partial charge in [-0.25, -0.2) is 9.98 Å². The van der Waals surface area contributed by atoms with E-state index in [9.17, 15) is 8.78 Å². The minimum Gasteiger partial charge on any atom is -0.497 e. The summed E-state index contributed by atoms with van der Waals surface area (Å²) < 4.78 is 45.8. The number of aromatic nitrogens is 1. The smallest absolute Gasteiger partial charge is 0.387 e. The fraction of sp³-hybridized carbons (Fsp3) is 0.429. The Balaban J connectivity index is 0.00000512. The van der Waals surface area contributed by atoms with E-state index in [4.69, 9.17) is 14.2 Å². The third kappa shape index (κ3) is 9.39. The SMILES string of the molecule is CCNC(=NCc1cc(OC)ccc1OC(F)F)NCc1cccnc1OCCOC.I. The van der Waals surface area contributed by atoms with E-state index in [0.29, 0.717) is 49.5 Å². The molecule has 8 nitrogen and oxygen atoms in total. The van der Waals surface area contributed by atoms with Crippen LogP contribution in [0.25, 0.3) is 0 Å². The van der Waals surface area contributed by atoms with Crippen molar-refractivity contribution in [1.29, 1.82) is 0 Å². The van der Waals surface area contributed by atoms with Gasteiger partial charge in [-0.15, -0.1) is 24.0 Å². The van der Waals surface area contributed by atoms with Crippen molar-refractivity contribution in [1.82, 2.24) is 15.6 Å². The van der Waals surface area contributed by atoms with Crippen molar-refractivity contribution in [2.24, 2.45) is 4.99 Å². The molecule has 0 saturated heterocycles. The lowest BCUT2D eigenvalue weighted by Gasteiger charge is -2.15. The molecule has 1 heterocycles. The van der Waals surface area contributed by atoms with Crippen LogP contribution in [0.1, 0.15) is 18.1 Å². The van der Waals surface area contributed by atoms with E-state index < -0.39 is 6.61 Å². The first-order chi connectivity index (χ1) is 15.1. The lowest BCUT2D eigenvalue weighted by molar-refractivity contribution is -0.0504. The van der Waals surface area contributed by atoms with Crippen molar-refractivity contribution in [2.45, 2.75) is 26.6 Å². The van der Waals surface area contributed by atoms with Crippen molar-refractivity contribution in [3.8, 4) is 17.4 Å². The first-order valence-electron chi connectivity index (χ1n) is 9.76. The number of pyridine rings is 1. The number of nitrogens with zero attached hydrogens (tertiary/aromatic N) is 2. The summed E-state index contributed by atoms with van der Waals surface area (Å²) in [7, 11) is 3.10. The molecule has 0 fully saturated rings. The molecule has 0 saturated carbocycles. The van der Waals surface area contributed by atoms with Crippen molar-refractivity contribution in [2.75, 3.05) is 34.0 Å². The summed E-state index contributed by atoms with van der Waals surface area (Å²) in [5, 5.41) is 6.32. The second kappa shape index (κ2) is 15.4. The highest BCUT2D eigenvalue weighted by Gasteiger charge is 2.12. The molecule has 178 valence electrons. The van der Waals surface area contributed by atoms with Crippen LogP contribution >= 0.6 is 24.0 Å². The largest absolute Gasteiger partial charge is 0.497 e. The standard InChI is InChI=1S/C21H28F2N4O4.HI/c1-4-24-21(26-13-15-6-5-9-25-19(15)30-11-10-28-2)27-14-16-12-17(29-3)7-8-18(16)31-20(22)23;/h5-9,12,20H,4,10-11,13-14H2,1-3H3,(H2,24,26,27);1H. The van der Waals surface area contributed by atoms with Crippen LogP contribution in [0.15, 0.2) is 41.5 Å². The number of rotatable bonds is 12. The summed E-state index contributed by atoms with van der Waals surface area (Å²) in [6.45, 7) is 0.976. The van der Waals surface area contributed by atoms with E-state index in [2.05, 4.69) is 25.3 Å². The van der Waals surface area contributed by atoms with Gasteiger partial charge in [0.1, 0.15) is 18.1 Å². The maximum Gasteiger partial charge on any atom is 0.387 e. The molecule has 2 N–H and O–H groups in total. The van der Waals surface area contributed by atoms with Crippen LogP contribution in [0, 0.1) is 0 Å². The summed E-state index contributed by atoms with van der Waals surface area (Å²) in [6, 6.07) is 8.32. The summed E-state index contributed by atoms with van der Waals surface area (Å²) in [4.78, 5) is 8.73. The number of hydrogen-bond acceptors (Lipinski definition) is 6. The second-order valence-corrected chi connectivity index (χ2v) is 6.21. The predicted octanol–water partition coefficient (Wildman–Crippen LogP) is 3.59. The molecule has 11 heteroatoms. The fourth-order valence-corrected chi connectivity index (χ4v) is 2.61. The summed E-state index contributed by atoms with van der Waals surface area (Å²) >= 11 is 0. The van der Waals surface area contributed by atoms with Gasteiger partial charge in [0.2, 0.25) is 5.88 Å². The molecular weight excluding hydrogens is 537 g/mol. The molecule has 0 aliphatic heterocycles. The molecule has 0 amide bonds. The van der Waals surface area contributed by atoms with Gasteiger partial charge in [0.05, 0.1) is 20.3 Å². The zero-order chi connectivity index (χ0) is 22.5. The van der Waals surface area contributed by atoms with Gasteiger partial charge in [-0.1, -0.05) is 6.07 Å². The van der Waals surface area contributed by atoms with Crippen LogP contribution in [-0.4, -0.2) is 51.5 Å². The average molecular weight is 566 g/mol. The molecule has 0 unspecified atom stereocenters. The number of aliphatic imine (C=N–C) groups is 1. The maximum absolute atomic E-state index is 12.7. The number of guanidine groups is 1. The molecule has 0 radical (unpaired) electrons. The highest BCUT2D eigenvalue weighted by atomic mass is 127. The zero-order valence-corrected chi connectivity index (χ0v) is 20.6. The minimum absolute atomic E-state index is 0. The molecule has 1 aromatic carbocycles. The number of ether oxygens (including phenoxy) is 4. The Kier molecular flexibility index (Phi) is 13.3. The monoisotopic (exact) mass is 566 g/mol. The summed E-state index contributed by atoms with van der Waals surface area (Å²) in [6.07, 6.45) is 1.65. The van der Waals surface area contributed by atoms with Crippen LogP contribution < -0.4 is 24.8 Å². The summed E-state index contributed by atoms with van der Waals surface area (Å²) in [5.41, 5.74) is 1.31. The highest BCUT2D eigenvalue weighted by molar-refractivity contribution is 14.0. The number of alkyl halides is 2. The quantitative estimate of drug-likeness (QED) is 0.176. The average Bonchev–Trinajstić information content (AvgIpc) is 2.77. The van der Waals surface area contributed by atoms with Crippen LogP contribution in [-0.2, 0) is 17.8 Å². The lowest BCUT2D eigenvalue weighted by atomic mass is 10.2. The molecule has 0 bridgehead atoms. The normalized spacial score (nSPS) is 11.0. The van der Waals surface area contributed by atoms with Gasteiger partial charge < -0.3 is 29.6 Å².